The van der Waals surface area contributed by atoms with Crippen molar-refractivity contribution >= 4 is 38.6 Å². The van der Waals surface area contributed by atoms with E-state index in [1.54, 1.807) is 30.4 Å². The Morgan fingerprint density at radius 3 is 2.83 bits per heavy atom. The standard InChI is InChI=1S/C12H11BrN2O2S/c1-8-2-3-9(6-11(8)15(16)17)14-7-12-10(13)4-5-18-12/h2-6,14H,7H2,1H3. The molecule has 0 radical (unpaired) electrons. The molecule has 0 saturated carbocycles. The van der Waals surface area contributed by atoms with E-state index in [0.717, 1.165) is 10.2 Å². The van der Waals surface area contributed by atoms with Gasteiger partial charge in [-0.15, -0.1) is 11.3 Å². The van der Waals surface area contributed by atoms with Crippen molar-refractivity contribution in [3.63, 3.8) is 0 Å². The maximum Gasteiger partial charge on any atom is 0.274 e. The van der Waals surface area contributed by atoms with Crippen LogP contribution in [0.4, 0.5) is 11.4 Å². The van der Waals surface area contributed by atoms with Crippen LogP contribution in [0.3, 0.4) is 0 Å². The monoisotopic (exact) mass is 326 g/mol. The maximum atomic E-state index is 10.8. The average Bonchev–Trinajstić information content (AvgIpc) is 2.73. The maximum absolute atomic E-state index is 10.8. The molecule has 0 atom stereocenters. The third-order valence-corrected chi connectivity index (χ3v) is 4.48. The number of nitrogens with zero attached hydrogens (tertiary/aromatic N) is 1. The van der Waals surface area contributed by atoms with E-state index in [1.807, 2.05) is 17.5 Å². The first-order valence-corrected chi connectivity index (χ1v) is 6.96. The number of rotatable bonds is 4. The number of halogens is 1. The van der Waals surface area contributed by atoms with Gasteiger partial charge in [0.1, 0.15) is 0 Å². The summed E-state index contributed by atoms with van der Waals surface area (Å²) in [5.74, 6) is 0. The number of nitrogens with one attached hydrogen (secondary N) is 1. The SMILES string of the molecule is Cc1ccc(NCc2sccc2Br)cc1[N+](=O)[O-]. The van der Waals surface area contributed by atoms with E-state index in [0.29, 0.717) is 12.1 Å². The smallest absolute Gasteiger partial charge is 0.274 e. The van der Waals surface area contributed by atoms with Gasteiger partial charge in [-0.05, 0) is 40.4 Å². The van der Waals surface area contributed by atoms with Gasteiger partial charge >= 0.3 is 0 Å². The highest BCUT2D eigenvalue weighted by molar-refractivity contribution is 9.10. The molecule has 6 heteroatoms. The van der Waals surface area contributed by atoms with Crippen LogP contribution < -0.4 is 5.32 Å². The van der Waals surface area contributed by atoms with Crippen LogP contribution in [0, 0.1) is 17.0 Å². The molecule has 0 saturated heterocycles. The zero-order chi connectivity index (χ0) is 13.1. The average molecular weight is 327 g/mol. The first-order valence-electron chi connectivity index (χ1n) is 5.28. The molecule has 94 valence electrons. The predicted octanol–water partition coefficient (Wildman–Crippen LogP) is 4.34. The summed E-state index contributed by atoms with van der Waals surface area (Å²) < 4.78 is 1.06. The quantitative estimate of drug-likeness (QED) is 0.671. The summed E-state index contributed by atoms with van der Waals surface area (Å²) in [5, 5.41) is 16.0. The van der Waals surface area contributed by atoms with Crippen molar-refractivity contribution < 1.29 is 4.92 Å². The van der Waals surface area contributed by atoms with E-state index in [-0.39, 0.29) is 10.6 Å². The molecule has 0 aliphatic rings. The molecule has 4 nitrogen and oxygen atoms in total. The molecule has 0 amide bonds. The minimum Gasteiger partial charge on any atom is -0.380 e. The van der Waals surface area contributed by atoms with Gasteiger partial charge in [0.05, 0.1) is 11.5 Å². The molecule has 0 spiro atoms. The fourth-order valence-electron chi connectivity index (χ4n) is 1.55. The third kappa shape index (κ3) is 2.88. The molecule has 1 heterocycles. The van der Waals surface area contributed by atoms with E-state index < -0.39 is 0 Å². The number of nitro benzene ring substituents is 1. The predicted molar refractivity (Wildman–Crippen MR) is 77.2 cm³/mol. The van der Waals surface area contributed by atoms with Crippen molar-refractivity contribution in [2.24, 2.45) is 0 Å². The molecule has 0 aliphatic carbocycles. The van der Waals surface area contributed by atoms with Gasteiger partial charge in [0.15, 0.2) is 0 Å². The van der Waals surface area contributed by atoms with Crippen LogP contribution in [0.25, 0.3) is 0 Å². The second-order valence-corrected chi connectivity index (χ2v) is 5.66. The Balaban J connectivity index is 2.13. The van der Waals surface area contributed by atoms with Gasteiger partial charge < -0.3 is 5.32 Å². The normalized spacial score (nSPS) is 10.3. The Morgan fingerprint density at radius 1 is 1.44 bits per heavy atom. The van der Waals surface area contributed by atoms with E-state index >= 15 is 0 Å². The Kier molecular flexibility index (Phi) is 3.98. The number of hydrogen-bond acceptors (Lipinski definition) is 4. The van der Waals surface area contributed by atoms with E-state index in [9.17, 15) is 10.1 Å². The van der Waals surface area contributed by atoms with Gasteiger partial charge in [-0.1, -0.05) is 6.07 Å². The first kappa shape index (κ1) is 13.0. The van der Waals surface area contributed by atoms with Crippen molar-refractivity contribution in [3.05, 3.63) is 54.7 Å². The summed E-state index contributed by atoms with van der Waals surface area (Å²) in [7, 11) is 0. The Labute approximate surface area is 117 Å². The molecular weight excluding hydrogens is 316 g/mol. The zero-order valence-corrected chi connectivity index (χ0v) is 12.0. The zero-order valence-electron chi connectivity index (χ0n) is 9.64. The molecule has 0 bridgehead atoms. The summed E-state index contributed by atoms with van der Waals surface area (Å²) in [6, 6.07) is 7.16. The number of benzene rings is 1. The van der Waals surface area contributed by atoms with E-state index in [1.165, 1.54) is 4.88 Å². The van der Waals surface area contributed by atoms with Crippen LogP contribution in [0.5, 0.6) is 0 Å². The molecule has 18 heavy (non-hydrogen) atoms. The van der Waals surface area contributed by atoms with Crippen LogP contribution in [0.2, 0.25) is 0 Å². The number of aryl methyl sites for hydroxylation is 1. The highest BCUT2D eigenvalue weighted by atomic mass is 79.9. The van der Waals surface area contributed by atoms with Gasteiger partial charge in [0.2, 0.25) is 0 Å². The second-order valence-electron chi connectivity index (χ2n) is 3.80. The van der Waals surface area contributed by atoms with Gasteiger partial charge in [0, 0.05) is 26.7 Å². The van der Waals surface area contributed by atoms with Crippen LogP contribution in [0.1, 0.15) is 10.4 Å². The minimum absolute atomic E-state index is 0.144. The van der Waals surface area contributed by atoms with Crippen molar-refractivity contribution in [1.82, 2.24) is 0 Å². The molecule has 0 unspecified atom stereocenters. The largest absolute Gasteiger partial charge is 0.380 e. The van der Waals surface area contributed by atoms with Crippen LogP contribution >= 0.6 is 27.3 Å². The van der Waals surface area contributed by atoms with Crippen LogP contribution in [-0.4, -0.2) is 4.92 Å². The molecule has 1 aromatic carbocycles. The van der Waals surface area contributed by atoms with Crippen molar-refractivity contribution in [3.8, 4) is 0 Å². The highest BCUT2D eigenvalue weighted by Crippen LogP contribution is 2.26. The molecule has 2 aromatic rings. The van der Waals surface area contributed by atoms with Gasteiger partial charge in [0.25, 0.3) is 5.69 Å². The minimum atomic E-state index is -0.360. The van der Waals surface area contributed by atoms with Crippen molar-refractivity contribution in [2.75, 3.05) is 5.32 Å². The van der Waals surface area contributed by atoms with Gasteiger partial charge in [-0.25, -0.2) is 0 Å². The van der Waals surface area contributed by atoms with Gasteiger partial charge in [-0.2, -0.15) is 0 Å². The fourth-order valence-corrected chi connectivity index (χ4v) is 2.98. The molecule has 1 N–H and O–H groups in total. The molecule has 1 aromatic heterocycles. The summed E-state index contributed by atoms with van der Waals surface area (Å²) >= 11 is 5.09. The summed E-state index contributed by atoms with van der Waals surface area (Å²) in [4.78, 5) is 11.6. The first-order chi connectivity index (χ1) is 8.58. The fraction of sp³-hybridized carbons (Fsp3) is 0.167. The van der Waals surface area contributed by atoms with E-state index in [4.69, 9.17) is 0 Å². The van der Waals surface area contributed by atoms with Crippen molar-refractivity contribution in [2.45, 2.75) is 13.5 Å². The lowest BCUT2D eigenvalue weighted by atomic mass is 10.2. The summed E-state index contributed by atoms with van der Waals surface area (Å²) in [6.07, 6.45) is 0. The lowest BCUT2D eigenvalue weighted by molar-refractivity contribution is -0.385. The highest BCUT2D eigenvalue weighted by Gasteiger charge is 2.11. The Hall–Kier alpha value is -1.40. The summed E-state index contributed by atoms with van der Waals surface area (Å²) in [6.45, 7) is 2.39. The lowest BCUT2D eigenvalue weighted by Gasteiger charge is -2.06. The molecular formula is C12H11BrN2O2S. The Morgan fingerprint density at radius 2 is 2.22 bits per heavy atom. The molecule has 2 rings (SSSR count). The van der Waals surface area contributed by atoms with Crippen molar-refractivity contribution in [1.29, 1.82) is 0 Å². The van der Waals surface area contributed by atoms with E-state index in [2.05, 4.69) is 21.2 Å². The Bertz CT molecular complexity index is 583. The van der Waals surface area contributed by atoms with Crippen LogP contribution in [-0.2, 0) is 6.54 Å². The van der Waals surface area contributed by atoms with Gasteiger partial charge in [-0.3, -0.25) is 10.1 Å². The number of thiophene rings is 1. The number of nitro groups is 1. The topological polar surface area (TPSA) is 55.2 Å². The lowest BCUT2D eigenvalue weighted by Crippen LogP contribution is -1.99. The molecule has 0 aliphatic heterocycles. The molecule has 0 fully saturated rings. The van der Waals surface area contributed by atoms with Crippen LogP contribution in [0.15, 0.2) is 34.1 Å². The number of hydrogen-bond donors (Lipinski definition) is 1. The number of anilines is 1. The summed E-state index contributed by atoms with van der Waals surface area (Å²) in [5.41, 5.74) is 1.57. The third-order valence-electron chi connectivity index (χ3n) is 2.55. The second kappa shape index (κ2) is 5.49.